The van der Waals surface area contributed by atoms with E-state index in [4.69, 9.17) is 15.9 Å². The smallest absolute Gasteiger partial charge is 0.326 e. The van der Waals surface area contributed by atoms with Gasteiger partial charge in [-0.2, -0.15) is 0 Å². The molecule has 6 rings (SSSR count). The fourth-order valence-corrected chi connectivity index (χ4v) is 16.6. The average Bonchev–Trinajstić information content (AvgIpc) is 0.788. The number of carbonyl (C=O) groups excluding carboxylic acids is 13. The minimum Gasteiger partial charge on any atom is -0.507 e. The van der Waals surface area contributed by atoms with Gasteiger partial charge >= 0.3 is 5.97 Å². The highest BCUT2D eigenvalue weighted by molar-refractivity contribution is 5.99. The van der Waals surface area contributed by atoms with Gasteiger partial charge in [-0.1, -0.05) is 206 Å². The van der Waals surface area contributed by atoms with Gasteiger partial charge in [0.05, 0.1) is 62.8 Å². The number of carbonyl (C=O) groups is 14. The van der Waals surface area contributed by atoms with Crippen LogP contribution in [0.4, 0.5) is 0 Å². The first-order valence-electron chi connectivity index (χ1n) is 49.8. The van der Waals surface area contributed by atoms with Crippen molar-refractivity contribution in [2.24, 2.45) is 17.6 Å². The second-order valence-corrected chi connectivity index (χ2v) is 37.5. The van der Waals surface area contributed by atoms with Gasteiger partial charge in [-0.3, -0.25) is 62.3 Å². The molecule has 4 aromatic rings. The molecule has 139 heavy (non-hydrogen) atoms. The number of nitrogens with one attached hydrogen (secondary N) is 5. The van der Waals surface area contributed by atoms with Gasteiger partial charge in [0.25, 0.3) is 0 Å². The van der Waals surface area contributed by atoms with Gasteiger partial charge in [0.1, 0.15) is 59.2 Å². The van der Waals surface area contributed by atoms with Gasteiger partial charge in [0, 0.05) is 126 Å². The number of phenolic OH excluding ortho intramolecular Hbond substituents is 4. The zero-order valence-electron chi connectivity index (χ0n) is 83.8. The van der Waals surface area contributed by atoms with E-state index in [0.29, 0.717) is 24.0 Å². The van der Waals surface area contributed by atoms with Crippen LogP contribution in [0.15, 0.2) is 72.8 Å². The molecule has 2 heterocycles. The highest BCUT2D eigenvalue weighted by atomic mass is 16.4. The molecular weight excluding hydrogens is 1790 g/mol. The number of benzene rings is 4. The first-order valence-corrected chi connectivity index (χ1v) is 49.8. The quantitative estimate of drug-likeness (QED) is 0.0183. The summed E-state index contributed by atoms with van der Waals surface area (Å²) >= 11 is 0. The number of aliphatic carboxylic acids is 1. The van der Waals surface area contributed by atoms with E-state index in [9.17, 15) is 113 Å². The van der Waals surface area contributed by atoms with Crippen LogP contribution in [0.2, 0.25) is 0 Å². The molecule has 14 atom stereocenters. The number of hydrogen-bond acceptors (Lipinski definition) is 25. The number of hydrogen-bond donors (Lipinski definition) is 17. The molecule has 0 aliphatic carbocycles. The Bertz CT molecular complexity index is 4600. The molecule has 35 heteroatoms. The van der Waals surface area contributed by atoms with Crippen molar-refractivity contribution >= 4 is 82.3 Å². The molecule has 0 radical (unpaired) electrons. The second kappa shape index (κ2) is 63.8. The van der Waals surface area contributed by atoms with Crippen molar-refractivity contribution in [1.29, 1.82) is 0 Å². The third-order valence-electron chi connectivity index (χ3n) is 26.0. The van der Waals surface area contributed by atoms with E-state index >= 15 is 0 Å². The SMILES string of the molecule is CCCCCCCCCCCCCCCC(=O)N(C)[C@H](CO)C(=O)N[C@H](C)C(=O)CCC(=O)N(C)[C@@H]1C(=O)C[C@@H](C)C(=O)N[C@H](C(=O)N[C@H](CO)C(C)O)Cc2ccc(O)c(c2)-c2cc1ccc2O.CCCCCCCCCCCCCCCC(=O)N(C)[C@H](CO)C(=O)N[C@H](C)C(=O)CCC(=O)N(C)[C@@H]1C(=O)C[C@@H](C)C(=O)N[C@H](C(=O)O)Cc2ccc(O)c(c2)-c2cc1ccc2O.C[C@@H](O)C(N)CO. The monoisotopic (exact) mass is 1950 g/mol. The number of aromatic hydroxyl groups is 4. The van der Waals surface area contributed by atoms with Gasteiger partial charge in [0.2, 0.25) is 53.2 Å². The molecule has 2 unspecified atom stereocenters. The molecule has 2 aliphatic heterocycles. The summed E-state index contributed by atoms with van der Waals surface area (Å²) in [6, 6.07) is 5.57. The minimum absolute atomic E-state index is 0.1000. The van der Waals surface area contributed by atoms with Crippen molar-refractivity contribution in [3.63, 3.8) is 0 Å². The summed E-state index contributed by atoms with van der Waals surface area (Å²) in [6.07, 6.45) is 26.5. The number of ketones is 4. The Labute approximate surface area is 819 Å². The fraction of sp³-hybridized carbons (Fsp3) is 0.635. The second-order valence-electron chi connectivity index (χ2n) is 37.5. The van der Waals surface area contributed by atoms with E-state index < -0.39 is 188 Å². The van der Waals surface area contributed by atoms with Crippen LogP contribution in [0.3, 0.4) is 0 Å². The number of Topliss-reactive ketones (excluding diaryl/α,β-unsaturated/α-hetero) is 4. The Morgan fingerprint density at radius 3 is 1.01 bits per heavy atom. The van der Waals surface area contributed by atoms with E-state index in [1.165, 1.54) is 261 Å². The lowest BCUT2D eigenvalue weighted by atomic mass is 9.89. The maximum Gasteiger partial charge on any atom is 0.326 e. The van der Waals surface area contributed by atoms with Gasteiger partial charge in [0.15, 0.2) is 23.1 Å². The van der Waals surface area contributed by atoms with Gasteiger partial charge in [-0.25, -0.2) is 4.79 Å². The number of likely N-dealkylation sites (N-methyl/N-ethyl adjacent to an activating group) is 4. The van der Waals surface area contributed by atoms with E-state index in [1.54, 1.807) is 6.92 Å². The van der Waals surface area contributed by atoms with Crippen molar-refractivity contribution in [3.8, 4) is 45.3 Å². The highest BCUT2D eigenvalue weighted by Crippen LogP contribution is 2.42. The molecule has 9 amide bonds. The van der Waals surface area contributed by atoms with Crippen LogP contribution >= 0.6 is 0 Å². The van der Waals surface area contributed by atoms with Crippen LogP contribution in [0.25, 0.3) is 22.3 Å². The Morgan fingerprint density at radius 1 is 0.396 bits per heavy atom. The summed E-state index contributed by atoms with van der Waals surface area (Å²) in [5, 5.41) is 123. The van der Waals surface area contributed by atoms with Gasteiger partial charge in [-0.05, 0) is 111 Å². The standard InChI is InChI=1S/C52H79N5O12.C48H70N4O11.C4H11NO2/c1-7-8-9-10-11-12-13-14-15-16-17-18-19-20-47(65)56(5)42(32-59)52(69)53-34(3)43(61)25-26-48(66)57(6)49-37-22-24-45(63)39(30-37)38-28-36(21-23-44(38)62)29-40(51(68)55-41(31-58)35(4)60)54-50(67)33(2)27-46(49)64;1-6-7-8-9-10-11-12-13-14-15-16-17-18-19-43(58)51(4)38(30-53)47(61)49-32(3)39(54)24-25-44(59)52(5)45-34-21-23-41(56)36(29-34)35-27-33(20-22-40(35)55)28-37(48(62)63)50-46(60)31(2)26-42(45)57;1-3(7)4(5)2-6/h21-24,28,30,33-35,40-42,49,58-60,62-63H,7-20,25-27,29,31-32H2,1-6H3,(H,53,69)(H,54,67)(H,55,68);20-23,27,29,31-32,37-38,45,53,55-56H,6-19,24-26,28,30H2,1-5H3,(H,49,61)(H,50,60)(H,62,63);3-4,6-7H,2,5H2,1H3/t33-,34-,35?,40+,41-,42-,49+;31-,32-,37+,38-,45+;3-,4?/m111/s1. The van der Waals surface area contributed by atoms with Crippen LogP contribution in [0.1, 0.15) is 308 Å². The number of carboxylic acids is 1. The summed E-state index contributed by atoms with van der Waals surface area (Å²) in [5.41, 5.74) is 6.95. The van der Waals surface area contributed by atoms with Crippen molar-refractivity contribution in [2.75, 3.05) is 54.6 Å². The normalized spacial score (nSPS) is 17.7. The first-order chi connectivity index (χ1) is 66.0. The highest BCUT2D eigenvalue weighted by Gasteiger charge is 2.39. The molecule has 8 bridgehead atoms. The lowest BCUT2D eigenvalue weighted by Crippen LogP contribution is -2.54. The fourth-order valence-electron chi connectivity index (χ4n) is 16.6. The topological polar surface area (TPSA) is 561 Å². The van der Waals surface area contributed by atoms with E-state index in [1.807, 2.05) is 0 Å². The number of nitrogens with zero attached hydrogens (tertiary/aromatic N) is 4. The number of phenols is 4. The Hall–Kier alpha value is -10.8. The van der Waals surface area contributed by atoms with Crippen LogP contribution < -0.4 is 32.3 Å². The first kappa shape index (κ1) is 120. The molecule has 0 aromatic heterocycles. The number of unbranched alkanes of at least 4 members (excludes halogenated alkanes) is 24. The average molecular weight is 1950 g/mol. The van der Waals surface area contributed by atoms with Gasteiger partial charge < -0.3 is 108 Å². The number of carboxylic acid groups (broad SMARTS) is 1. The number of aliphatic hydroxyl groups is 6. The summed E-state index contributed by atoms with van der Waals surface area (Å²) in [7, 11) is 5.59. The predicted molar refractivity (Wildman–Crippen MR) is 527 cm³/mol. The molecule has 0 fully saturated rings. The molecule has 0 saturated heterocycles. The molecule has 0 saturated carbocycles. The van der Waals surface area contributed by atoms with E-state index in [0.717, 1.165) is 48.3 Å². The van der Waals surface area contributed by atoms with Crippen molar-refractivity contribution in [2.45, 2.75) is 359 Å². The van der Waals surface area contributed by atoms with Crippen LogP contribution in [0, 0.1) is 11.8 Å². The largest absolute Gasteiger partial charge is 0.507 e. The van der Waals surface area contributed by atoms with Crippen molar-refractivity contribution in [3.05, 3.63) is 95.1 Å². The molecule has 2 aliphatic rings. The molecule has 0 spiro atoms. The lowest BCUT2D eigenvalue weighted by molar-refractivity contribution is -0.143. The number of aliphatic hydroxyl groups excluding tert-OH is 6. The van der Waals surface area contributed by atoms with Crippen molar-refractivity contribution in [1.82, 2.24) is 46.2 Å². The van der Waals surface area contributed by atoms with E-state index in [-0.39, 0.29) is 126 Å². The third-order valence-corrected chi connectivity index (χ3v) is 26.0. The number of amides is 9. The maximum absolute atomic E-state index is 14.2. The molecule has 776 valence electrons. The predicted octanol–water partition coefficient (Wildman–Crippen LogP) is 9.74. The molecule has 18 N–H and O–H groups in total. The molecule has 35 nitrogen and oxygen atoms in total. The van der Waals surface area contributed by atoms with E-state index in [2.05, 4.69) is 40.4 Å². The zero-order chi connectivity index (χ0) is 104. The van der Waals surface area contributed by atoms with Crippen LogP contribution in [0.5, 0.6) is 23.0 Å². The summed E-state index contributed by atoms with van der Waals surface area (Å²) in [5.74, 6) is -12.0. The Morgan fingerprint density at radius 2 is 0.712 bits per heavy atom. The zero-order valence-corrected chi connectivity index (χ0v) is 83.8. The van der Waals surface area contributed by atoms with Crippen LogP contribution in [-0.4, -0.2) is 273 Å². The summed E-state index contributed by atoms with van der Waals surface area (Å²) in [6.45, 7) is 11.1. The minimum atomic E-state index is -1.36. The summed E-state index contributed by atoms with van der Waals surface area (Å²) in [4.78, 5) is 192. The molecule has 4 aromatic carbocycles. The van der Waals surface area contributed by atoms with Gasteiger partial charge in [-0.15, -0.1) is 0 Å². The third kappa shape index (κ3) is 40.7. The number of nitrogens with two attached hydrogens (primary N) is 1. The van der Waals surface area contributed by atoms with Crippen molar-refractivity contribution < 1.29 is 123 Å². The number of rotatable bonds is 53. The Kier molecular flexibility index (Phi) is 55.3. The molecular formula is C104H160N10O25. The summed E-state index contributed by atoms with van der Waals surface area (Å²) < 4.78 is 0. The lowest BCUT2D eigenvalue weighted by Gasteiger charge is -2.30. The Balaban J connectivity index is 0.000000544. The van der Waals surface area contributed by atoms with Crippen LogP contribution in [-0.2, 0) is 80.0 Å². The maximum atomic E-state index is 14.2. The number of fused-ring (bicyclic) bond motifs is 10.